The number of aliphatic carboxylic acids is 1. The molecule has 0 spiro atoms. The zero-order valence-corrected chi connectivity index (χ0v) is 21.8. The average molecular weight is 585 g/mol. The summed E-state index contributed by atoms with van der Waals surface area (Å²) in [6.07, 6.45) is -5.08. The van der Waals surface area contributed by atoms with E-state index in [2.05, 4.69) is 5.32 Å². The Labute approximate surface area is 232 Å². The van der Waals surface area contributed by atoms with E-state index >= 15 is 0 Å². The van der Waals surface area contributed by atoms with Crippen molar-refractivity contribution in [3.63, 3.8) is 0 Å². The third kappa shape index (κ3) is 8.00. The maximum Gasteiger partial charge on any atom is 0.490 e. The van der Waals surface area contributed by atoms with Gasteiger partial charge < -0.3 is 16.2 Å². The van der Waals surface area contributed by atoms with Gasteiger partial charge in [0.2, 0.25) is 10.0 Å². The van der Waals surface area contributed by atoms with Gasteiger partial charge in [0.1, 0.15) is 5.84 Å². The number of anilines is 1. The Bertz CT molecular complexity index is 1690. The van der Waals surface area contributed by atoms with Crippen LogP contribution in [0.25, 0.3) is 22.3 Å². The monoisotopic (exact) mass is 584 g/mol. The van der Waals surface area contributed by atoms with Gasteiger partial charge in [-0.05, 0) is 41.0 Å². The van der Waals surface area contributed by atoms with Gasteiger partial charge in [0.15, 0.2) is 0 Å². The van der Waals surface area contributed by atoms with Crippen LogP contribution in [0.5, 0.6) is 0 Å². The van der Waals surface area contributed by atoms with E-state index in [9.17, 15) is 26.4 Å². The number of amides is 1. The summed E-state index contributed by atoms with van der Waals surface area (Å²) in [4.78, 5) is 22.0. The molecule has 13 heteroatoms. The van der Waals surface area contributed by atoms with E-state index in [0.29, 0.717) is 27.9 Å². The number of carbonyl (C=O) groups is 2. The van der Waals surface area contributed by atoms with Crippen molar-refractivity contribution in [2.75, 3.05) is 5.32 Å². The molecule has 41 heavy (non-hydrogen) atoms. The topological polar surface area (TPSA) is 176 Å². The number of nitrogens with two attached hydrogens (primary N) is 2. The van der Waals surface area contributed by atoms with Crippen molar-refractivity contribution in [2.45, 2.75) is 11.1 Å². The van der Waals surface area contributed by atoms with E-state index in [0.717, 1.165) is 11.1 Å². The summed E-state index contributed by atoms with van der Waals surface area (Å²) in [5.41, 5.74) is 9.90. The van der Waals surface area contributed by atoms with Crippen molar-refractivity contribution in [1.82, 2.24) is 0 Å². The summed E-state index contributed by atoms with van der Waals surface area (Å²) < 4.78 is 55.5. The van der Waals surface area contributed by atoms with Gasteiger partial charge in [-0.15, -0.1) is 0 Å². The number of nitrogen functional groups attached to an aromatic ring is 1. The third-order valence-corrected chi connectivity index (χ3v) is 6.54. The molecule has 4 aromatic rings. The molecule has 1 amide bonds. The highest BCUT2D eigenvalue weighted by molar-refractivity contribution is 7.89. The normalized spacial score (nSPS) is 11.1. The van der Waals surface area contributed by atoms with Crippen molar-refractivity contribution in [3.05, 3.63) is 108 Å². The van der Waals surface area contributed by atoms with Crippen molar-refractivity contribution in [1.29, 1.82) is 5.41 Å². The number of carboxylic acid groups (broad SMARTS) is 1. The summed E-state index contributed by atoms with van der Waals surface area (Å²) in [5, 5.41) is 22.9. The van der Waals surface area contributed by atoms with Gasteiger partial charge in [0.25, 0.3) is 5.91 Å². The van der Waals surface area contributed by atoms with Crippen LogP contribution in [0.2, 0.25) is 0 Å². The van der Waals surface area contributed by atoms with Crippen LogP contribution in [-0.4, -0.2) is 37.4 Å². The predicted molar refractivity (Wildman–Crippen MR) is 148 cm³/mol. The van der Waals surface area contributed by atoms with Gasteiger partial charge in [0.05, 0.1) is 4.90 Å². The van der Waals surface area contributed by atoms with Crippen molar-refractivity contribution < 1.29 is 36.3 Å². The number of benzene rings is 4. The lowest BCUT2D eigenvalue weighted by Gasteiger charge is -2.12. The van der Waals surface area contributed by atoms with E-state index in [1.165, 1.54) is 6.07 Å². The standard InChI is InChI=1S/C26H22N4O3S.C2HF3O2/c27-25(28)19-11-9-17(10-12-19)21-5-1-2-7-23(21)26(31)30-20-15-13-18(14-16-20)22-6-3-4-8-24(22)34(29,32)33;3-2(4,5)1(6)7/h1-16H,(H3,27,28)(H,30,31)(H2,29,32,33);(H,6,7). The summed E-state index contributed by atoms with van der Waals surface area (Å²) in [6, 6.07) is 27.7. The minimum absolute atomic E-state index is 0.0206. The first kappa shape index (κ1) is 30.5. The van der Waals surface area contributed by atoms with Crippen LogP contribution in [0.1, 0.15) is 15.9 Å². The molecule has 4 rings (SSSR count). The molecule has 0 fully saturated rings. The molecule has 0 aromatic heterocycles. The van der Waals surface area contributed by atoms with Gasteiger partial charge in [-0.2, -0.15) is 13.2 Å². The molecule has 0 aliphatic rings. The third-order valence-electron chi connectivity index (χ3n) is 5.57. The zero-order chi connectivity index (χ0) is 30.4. The quantitative estimate of drug-likeness (QED) is 0.160. The molecule has 4 aromatic carbocycles. The Morgan fingerprint density at radius 1 is 0.780 bits per heavy atom. The first-order valence-corrected chi connectivity index (χ1v) is 13.1. The molecule has 0 aliphatic heterocycles. The van der Waals surface area contributed by atoms with Crippen LogP contribution in [0.4, 0.5) is 18.9 Å². The molecule has 0 atom stereocenters. The van der Waals surface area contributed by atoms with Crippen LogP contribution < -0.4 is 16.2 Å². The van der Waals surface area contributed by atoms with Crippen LogP contribution in [0, 0.1) is 5.41 Å². The lowest BCUT2D eigenvalue weighted by Crippen LogP contribution is -2.21. The number of hydrogen-bond donors (Lipinski definition) is 5. The molecule has 0 heterocycles. The fourth-order valence-electron chi connectivity index (χ4n) is 3.65. The minimum atomic E-state index is -5.08. The Hall–Kier alpha value is -5.01. The van der Waals surface area contributed by atoms with Gasteiger partial charge in [-0.1, -0.05) is 72.8 Å². The van der Waals surface area contributed by atoms with Gasteiger partial charge in [-0.25, -0.2) is 18.4 Å². The first-order valence-electron chi connectivity index (χ1n) is 11.6. The van der Waals surface area contributed by atoms with Crippen LogP contribution in [0.3, 0.4) is 0 Å². The van der Waals surface area contributed by atoms with Gasteiger partial charge in [-0.3, -0.25) is 10.2 Å². The lowest BCUT2D eigenvalue weighted by atomic mass is 9.98. The van der Waals surface area contributed by atoms with E-state index in [-0.39, 0.29) is 16.6 Å². The summed E-state index contributed by atoms with van der Waals surface area (Å²) >= 11 is 0. The van der Waals surface area contributed by atoms with Crippen molar-refractivity contribution >= 4 is 33.4 Å². The van der Waals surface area contributed by atoms with Crippen molar-refractivity contribution in [3.8, 4) is 22.3 Å². The smallest absolute Gasteiger partial charge is 0.475 e. The maximum absolute atomic E-state index is 13.1. The summed E-state index contributed by atoms with van der Waals surface area (Å²) in [6.45, 7) is 0. The van der Waals surface area contributed by atoms with Crippen LogP contribution in [-0.2, 0) is 14.8 Å². The zero-order valence-electron chi connectivity index (χ0n) is 21.0. The van der Waals surface area contributed by atoms with Crippen LogP contribution in [0.15, 0.2) is 102 Å². The number of alkyl halides is 3. The Morgan fingerprint density at radius 3 is 1.76 bits per heavy atom. The van der Waals surface area contributed by atoms with E-state index < -0.39 is 22.2 Å². The molecule has 7 N–H and O–H groups in total. The predicted octanol–water partition coefficient (Wildman–Crippen LogP) is 4.84. The second kappa shape index (κ2) is 12.4. The molecule has 0 saturated carbocycles. The first-order chi connectivity index (χ1) is 19.2. The molecule has 0 aliphatic carbocycles. The second-order valence-corrected chi connectivity index (χ2v) is 9.94. The SMILES string of the molecule is N=C(N)c1ccc(-c2ccccc2C(=O)Nc2ccc(-c3ccccc3S(N)(=O)=O)cc2)cc1.O=C(O)C(F)(F)F. The summed E-state index contributed by atoms with van der Waals surface area (Å²) in [7, 11) is -3.87. The van der Waals surface area contributed by atoms with Gasteiger partial charge in [0, 0.05) is 22.4 Å². The average Bonchev–Trinajstić information content (AvgIpc) is 2.93. The molecule has 0 saturated heterocycles. The highest BCUT2D eigenvalue weighted by Crippen LogP contribution is 2.29. The van der Waals surface area contributed by atoms with E-state index in [1.54, 1.807) is 66.7 Å². The molecule has 0 unspecified atom stereocenters. The molecular weight excluding hydrogens is 561 g/mol. The number of carbonyl (C=O) groups excluding carboxylic acids is 1. The Kier molecular flexibility index (Phi) is 9.27. The number of nitrogens with one attached hydrogen (secondary N) is 2. The molecule has 0 radical (unpaired) electrons. The molecule has 9 nitrogen and oxygen atoms in total. The molecule has 212 valence electrons. The number of hydrogen-bond acceptors (Lipinski definition) is 5. The molecular formula is C28H23F3N4O5S. The number of halogens is 3. The van der Waals surface area contributed by atoms with Crippen LogP contribution >= 0.6 is 0 Å². The van der Waals surface area contributed by atoms with Gasteiger partial charge >= 0.3 is 12.1 Å². The number of rotatable bonds is 6. The fraction of sp³-hybridized carbons (Fsp3) is 0.0357. The molecule has 0 bridgehead atoms. The van der Waals surface area contributed by atoms with E-state index in [4.69, 9.17) is 26.2 Å². The number of carboxylic acids is 1. The highest BCUT2D eigenvalue weighted by Gasteiger charge is 2.38. The minimum Gasteiger partial charge on any atom is -0.475 e. The largest absolute Gasteiger partial charge is 0.490 e. The lowest BCUT2D eigenvalue weighted by molar-refractivity contribution is -0.192. The number of amidine groups is 1. The summed E-state index contributed by atoms with van der Waals surface area (Å²) in [5.74, 6) is -3.07. The maximum atomic E-state index is 13.1. The number of sulfonamides is 1. The fourth-order valence-corrected chi connectivity index (χ4v) is 4.41. The Balaban J connectivity index is 0.000000587. The van der Waals surface area contributed by atoms with Crippen molar-refractivity contribution in [2.24, 2.45) is 10.9 Å². The highest BCUT2D eigenvalue weighted by atomic mass is 32.2. The second-order valence-electron chi connectivity index (χ2n) is 8.41. The number of primary sulfonamides is 1. The van der Waals surface area contributed by atoms with E-state index in [1.807, 2.05) is 24.3 Å². The Morgan fingerprint density at radius 2 is 1.24 bits per heavy atom.